The van der Waals surface area contributed by atoms with Crippen LogP contribution in [0.25, 0.3) is 0 Å². The smallest absolute Gasteiger partial charge is 0.478 e. The molecule has 2 saturated heterocycles. The molecule has 2 aliphatic heterocycles. The van der Waals surface area contributed by atoms with Gasteiger partial charge in [-0.25, -0.2) is 9.00 Å². The highest BCUT2D eigenvalue weighted by Gasteiger charge is 2.52. The summed E-state index contributed by atoms with van der Waals surface area (Å²) in [7, 11) is 6.36. The van der Waals surface area contributed by atoms with E-state index in [9.17, 15) is 9.59 Å². The number of carboxylic acid groups (broad SMARTS) is 1. The van der Waals surface area contributed by atoms with Crippen molar-refractivity contribution in [2.75, 3.05) is 0 Å². The number of benzene rings is 2. The van der Waals surface area contributed by atoms with Gasteiger partial charge in [-0.15, -0.1) is 0 Å². The summed E-state index contributed by atoms with van der Waals surface area (Å²) < 4.78 is 32.9. The minimum Gasteiger partial charge on any atom is -0.478 e. The molecule has 2 aliphatic rings. The van der Waals surface area contributed by atoms with Crippen LogP contribution in [0.4, 0.5) is 0 Å². The van der Waals surface area contributed by atoms with Gasteiger partial charge in [0.1, 0.15) is 0 Å². The number of halogens is 3. The van der Waals surface area contributed by atoms with E-state index in [2.05, 4.69) is 21.4 Å². The summed E-state index contributed by atoms with van der Waals surface area (Å²) in [5.41, 5.74) is 2.48. The fourth-order valence-electron chi connectivity index (χ4n) is 4.09. The molecule has 2 fully saturated rings. The fourth-order valence-corrected chi connectivity index (χ4v) is 4.20. The van der Waals surface area contributed by atoms with Crippen LogP contribution >= 0.6 is 33.0 Å². The molecule has 230 valence electrons. The quantitative estimate of drug-likeness (QED) is 0.328. The zero-order chi connectivity index (χ0) is 32.4. The number of carboxylic acids is 1. The second-order valence-corrected chi connectivity index (χ2v) is 15.1. The van der Waals surface area contributed by atoms with Crippen LogP contribution in [0.5, 0.6) is 0 Å². The summed E-state index contributed by atoms with van der Waals surface area (Å²) in [5, 5.41) is 8.63. The Balaban J connectivity index is 0.000000261. The third-order valence-corrected chi connectivity index (χ3v) is 7.94. The number of hydrogen-bond acceptors (Lipinski definition) is 7. The molecular weight excluding hydrogens is 624 g/mol. The van der Waals surface area contributed by atoms with E-state index in [1.165, 1.54) is 0 Å². The topological polar surface area (TPSA) is 108 Å². The minimum atomic E-state index is -1.67. The second kappa shape index (κ2) is 13.7. The Kier molecular flexibility index (Phi) is 12.0. The molecule has 2 aromatic carbocycles. The Hall–Kier alpha value is -1.43. The molecule has 42 heavy (non-hydrogen) atoms. The Bertz CT molecular complexity index is 1220. The molecule has 0 saturated carbocycles. The molecular formula is C28H37B2Cl3O8S. The first kappa shape index (κ1) is 36.8. The third-order valence-electron chi connectivity index (χ3n) is 7.72. The van der Waals surface area contributed by atoms with Crippen molar-refractivity contribution >= 4 is 78.6 Å². The van der Waals surface area contributed by atoms with Crippen LogP contribution in [0.2, 0.25) is 0 Å². The first-order valence-electron chi connectivity index (χ1n) is 13.1. The predicted octanol–water partition coefficient (Wildman–Crippen LogP) is 5.71. The maximum atomic E-state index is 11.3. The van der Waals surface area contributed by atoms with Gasteiger partial charge in [0.05, 0.1) is 28.0 Å². The summed E-state index contributed by atoms with van der Waals surface area (Å²) >= 11 is 5.55. The van der Waals surface area contributed by atoms with Crippen LogP contribution in [0.3, 0.4) is 0 Å². The van der Waals surface area contributed by atoms with Gasteiger partial charge in [0.25, 0.3) is 5.24 Å². The molecule has 0 aromatic heterocycles. The van der Waals surface area contributed by atoms with Crippen LogP contribution in [-0.4, -0.2) is 57.2 Å². The molecule has 2 aromatic rings. The Morgan fingerprint density at radius 1 is 0.667 bits per heavy atom. The average Bonchev–Trinajstić information content (AvgIpc) is 3.18. The largest absolute Gasteiger partial charge is 0.494 e. The molecule has 14 heteroatoms. The van der Waals surface area contributed by atoms with Crippen LogP contribution in [-0.2, 0) is 27.8 Å². The maximum Gasteiger partial charge on any atom is 0.494 e. The van der Waals surface area contributed by atoms with Crippen molar-refractivity contribution in [2.24, 2.45) is 0 Å². The zero-order valence-corrected chi connectivity index (χ0v) is 28.6. The van der Waals surface area contributed by atoms with E-state index in [4.69, 9.17) is 39.5 Å². The molecule has 0 atom stereocenters. The lowest BCUT2D eigenvalue weighted by Crippen LogP contribution is -2.41. The minimum absolute atomic E-state index is 0.254. The monoisotopic (exact) mass is 660 g/mol. The van der Waals surface area contributed by atoms with Gasteiger partial charge in [0.15, 0.2) is 0 Å². The molecule has 1 N–H and O–H groups in total. The van der Waals surface area contributed by atoms with Gasteiger partial charge in [-0.1, -0.05) is 29.3 Å². The molecule has 0 radical (unpaired) electrons. The molecule has 0 amide bonds. The number of hydrogen-bond donors (Lipinski definition) is 1. The number of carbonyl (C=O) groups excluding carboxylic acids is 1. The Morgan fingerprint density at radius 2 is 0.952 bits per heavy atom. The number of aromatic carboxylic acids is 1. The lowest BCUT2D eigenvalue weighted by Gasteiger charge is -2.32. The molecule has 4 rings (SSSR count). The van der Waals surface area contributed by atoms with Gasteiger partial charge in [-0.05, 0) is 110 Å². The summed E-state index contributed by atoms with van der Waals surface area (Å²) in [6.07, 6.45) is 0. The first-order chi connectivity index (χ1) is 19.0. The molecule has 8 nitrogen and oxygen atoms in total. The highest BCUT2D eigenvalue weighted by Crippen LogP contribution is 2.37. The lowest BCUT2D eigenvalue weighted by atomic mass is 9.77. The molecule has 0 spiro atoms. The Morgan fingerprint density at radius 3 is 1.24 bits per heavy atom. The van der Waals surface area contributed by atoms with E-state index < -0.39 is 57.1 Å². The Labute approximate surface area is 265 Å². The van der Waals surface area contributed by atoms with E-state index in [0.717, 1.165) is 22.1 Å². The average molecular weight is 662 g/mol. The standard InChI is InChI=1S/C14H18BClO3.C14H19BO4.Cl2OS/c2*1-9-6-10(12(16)17)8-11(7-9)15-18-13(2,3)14(4,5)19-15;1-4(2)3/h6-8H,1-5H3;6-8H,1-5H3,(H,16,17);. The SMILES string of the molecule is Cc1cc(B2OC(C)(C)C(C)(C)O2)cc(C(=O)Cl)c1.Cc1cc(B2OC(C)(C)C(C)(C)O2)cc(C(=O)O)c1.O=S(Cl)Cl. The van der Waals surface area contributed by atoms with Crippen molar-refractivity contribution in [1.82, 2.24) is 0 Å². The van der Waals surface area contributed by atoms with Crippen molar-refractivity contribution in [1.29, 1.82) is 0 Å². The predicted molar refractivity (Wildman–Crippen MR) is 171 cm³/mol. The van der Waals surface area contributed by atoms with Crippen LogP contribution in [0.15, 0.2) is 36.4 Å². The number of rotatable bonds is 4. The van der Waals surface area contributed by atoms with E-state index in [1.54, 1.807) is 24.3 Å². The van der Waals surface area contributed by atoms with Gasteiger partial charge in [-0.2, -0.15) is 0 Å². The van der Waals surface area contributed by atoms with E-state index in [-0.39, 0.29) is 5.56 Å². The van der Waals surface area contributed by atoms with Crippen molar-refractivity contribution in [3.63, 3.8) is 0 Å². The third kappa shape index (κ3) is 9.29. The van der Waals surface area contributed by atoms with Crippen LogP contribution in [0, 0.1) is 13.8 Å². The van der Waals surface area contributed by atoms with E-state index in [0.29, 0.717) is 5.56 Å². The molecule has 0 aliphatic carbocycles. The summed E-state index contributed by atoms with van der Waals surface area (Å²) in [6, 6.07) is 10.6. The van der Waals surface area contributed by atoms with Gasteiger partial charge < -0.3 is 23.7 Å². The van der Waals surface area contributed by atoms with Crippen molar-refractivity contribution < 1.29 is 37.5 Å². The fraction of sp³-hybridized carbons (Fsp3) is 0.500. The van der Waals surface area contributed by atoms with Gasteiger partial charge in [-0.3, -0.25) is 4.79 Å². The lowest BCUT2D eigenvalue weighted by molar-refractivity contribution is 0.00578. The van der Waals surface area contributed by atoms with Crippen molar-refractivity contribution in [3.05, 3.63) is 58.7 Å². The van der Waals surface area contributed by atoms with Crippen molar-refractivity contribution in [2.45, 2.75) is 91.6 Å². The van der Waals surface area contributed by atoms with Gasteiger partial charge in [0, 0.05) is 26.9 Å². The maximum absolute atomic E-state index is 11.3. The van der Waals surface area contributed by atoms with E-state index in [1.807, 2.05) is 81.4 Å². The van der Waals surface area contributed by atoms with Crippen LogP contribution in [0.1, 0.15) is 87.2 Å². The molecule has 2 heterocycles. The molecule has 0 bridgehead atoms. The second-order valence-electron chi connectivity index (χ2n) is 12.2. The first-order valence-corrected chi connectivity index (χ1v) is 16.3. The normalized spacial score (nSPS) is 19.5. The summed E-state index contributed by atoms with van der Waals surface area (Å²) in [4.78, 5) is 22.4. The highest BCUT2D eigenvalue weighted by molar-refractivity contribution is 8.26. The molecule has 0 unspecified atom stereocenters. The van der Waals surface area contributed by atoms with E-state index >= 15 is 0 Å². The van der Waals surface area contributed by atoms with Crippen molar-refractivity contribution in [3.8, 4) is 0 Å². The van der Waals surface area contributed by atoms with Gasteiger partial charge >= 0.3 is 20.2 Å². The zero-order valence-electron chi connectivity index (χ0n) is 25.5. The van der Waals surface area contributed by atoms with Crippen LogP contribution < -0.4 is 10.9 Å². The number of aryl methyl sites for hydroxylation is 2. The van der Waals surface area contributed by atoms with Gasteiger partial charge in [0.2, 0.25) is 9.23 Å². The highest BCUT2D eigenvalue weighted by atomic mass is 36.0. The summed E-state index contributed by atoms with van der Waals surface area (Å²) in [5.74, 6) is -0.943. The number of carbonyl (C=O) groups is 2. The summed E-state index contributed by atoms with van der Waals surface area (Å²) in [6.45, 7) is 19.7.